The van der Waals surface area contributed by atoms with Crippen LogP contribution in [0, 0.1) is 6.92 Å². The Morgan fingerprint density at radius 3 is 3.00 bits per heavy atom. The normalized spacial score (nSPS) is 10.3. The number of carbonyl (C=O) groups excluding carboxylic acids is 1. The third kappa shape index (κ3) is 3.34. The molecular formula is C14H17N3O2S. The van der Waals surface area contributed by atoms with E-state index in [0.29, 0.717) is 18.1 Å². The number of anilines is 1. The maximum absolute atomic E-state index is 11.5. The van der Waals surface area contributed by atoms with Gasteiger partial charge in [-0.2, -0.15) is 0 Å². The summed E-state index contributed by atoms with van der Waals surface area (Å²) in [5.74, 6) is 0.644. The molecule has 0 aliphatic heterocycles. The Labute approximate surface area is 121 Å². The molecule has 0 fully saturated rings. The Morgan fingerprint density at radius 2 is 2.30 bits per heavy atom. The van der Waals surface area contributed by atoms with E-state index in [1.165, 1.54) is 11.3 Å². The molecule has 0 saturated carbocycles. The number of aromatic nitrogens is 1. The van der Waals surface area contributed by atoms with Crippen LogP contribution >= 0.6 is 11.3 Å². The molecule has 0 spiro atoms. The van der Waals surface area contributed by atoms with E-state index >= 15 is 0 Å². The van der Waals surface area contributed by atoms with Crippen LogP contribution in [0.15, 0.2) is 23.6 Å². The van der Waals surface area contributed by atoms with Crippen molar-refractivity contribution in [3.63, 3.8) is 0 Å². The second-order valence-corrected chi connectivity index (χ2v) is 5.19. The Hall–Kier alpha value is -1.92. The molecule has 20 heavy (non-hydrogen) atoms. The van der Waals surface area contributed by atoms with Gasteiger partial charge in [0.2, 0.25) is 5.91 Å². The molecule has 1 aromatic heterocycles. The summed E-state index contributed by atoms with van der Waals surface area (Å²) < 4.78 is 5.34. The smallest absolute Gasteiger partial charge is 0.227 e. The van der Waals surface area contributed by atoms with Crippen molar-refractivity contribution < 1.29 is 9.53 Å². The number of hydrogen-bond acceptors (Lipinski definition) is 5. The van der Waals surface area contributed by atoms with Crippen molar-refractivity contribution in [1.29, 1.82) is 0 Å². The summed E-state index contributed by atoms with van der Waals surface area (Å²) >= 11 is 1.38. The highest BCUT2D eigenvalue weighted by Gasteiger charge is 2.11. The van der Waals surface area contributed by atoms with Crippen LogP contribution in [0.3, 0.4) is 0 Å². The lowest BCUT2D eigenvalue weighted by molar-refractivity contribution is -0.116. The number of thiazole rings is 1. The number of nitrogens with two attached hydrogens (primary N) is 1. The van der Waals surface area contributed by atoms with Gasteiger partial charge in [-0.3, -0.25) is 4.79 Å². The maximum atomic E-state index is 11.5. The molecule has 1 heterocycles. The summed E-state index contributed by atoms with van der Waals surface area (Å²) in [6, 6.07) is 5.91. The number of aryl methyl sites for hydroxylation is 1. The number of methoxy groups -OCH3 is 1. The van der Waals surface area contributed by atoms with Crippen molar-refractivity contribution in [3.8, 4) is 17.0 Å². The van der Waals surface area contributed by atoms with Crippen molar-refractivity contribution in [2.45, 2.75) is 13.3 Å². The van der Waals surface area contributed by atoms with Gasteiger partial charge < -0.3 is 15.8 Å². The quantitative estimate of drug-likeness (QED) is 0.887. The fourth-order valence-corrected chi connectivity index (χ4v) is 2.52. The zero-order valence-electron chi connectivity index (χ0n) is 11.5. The number of amides is 1. The molecule has 106 valence electrons. The number of benzene rings is 1. The lowest BCUT2D eigenvalue weighted by Gasteiger charge is -2.07. The molecule has 0 unspecified atom stereocenters. The van der Waals surface area contributed by atoms with E-state index in [9.17, 15) is 4.79 Å². The van der Waals surface area contributed by atoms with Gasteiger partial charge in [0.25, 0.3) is 0 Å². The topological polar surface area (TPSA) is 77.2 Å². The first kappa shape index (κ1) is 14.5. The minimum Gasteiger partial charge on any atom is -0.496 e. The van der Waals surface area contributed by atoms with Crippen LogP contribution in [0.1, 0.15) is 12.0 Å². The Balaban J connectivity index is 2.24. The lowest BCUT2D eigenvalue weighted by atomic mass is 10.1. The van der Waals surface area contributed by atoms with Crippen LogP contribution in [-0.4, -0.2) is 24.5 Å². The van der Waals surface area contributed by atoms with E-state index in [4.69, 9.17) is 10.5 Å². The van der Waals surface area contributed by atoms with Gasteiger partial charge >= 0.3 is 0 Å². The highest BCUT2D eigenvalue weighted by molar-refractivity contribution is 7.14. The minimum absolute atomic E-state index is 0.121. The molecule has 0 saturated heterocycles. The van der Waals surface area contributed by atoms with Gasteiger partial charge in [-0.05, 0) is 19.1 Å². The van der Waals surface area contributed by atoms with Gasteiger partial charge in [0.15, 0.2) is 5.13 Å². The summed E-state index contributed by atoms with van der Waals surface area (Å²) in [5.41, 5.74) is 8.18. The van der Waals surface area contributed by atoms with Crippen molar-refractivity contribution in [2.75, 3.05) is 19.0 Å². The molecule has 2 aromatic rings. The Kier molecular flexibility index (Phi) is 4.70. The summed E-state index contributed by atoms with van der Waals surface area (Å²) in [6.07, 6.45) is 0.294. The van der Waals surface area contributed by atoms with E-state index in [1.54, 1.807) is 7.11 Å². The van der Waals surface area contributed by atoms with Crippen molar-refractivity contribution in [1.82, 2.24) is 4.98 Å². The van der Waals surface area contributed by atoms with Gasteiger partial charge in [0, 0.05) is 23.9 Å². The number of hydrogen-bond donors (Lipinski definition) is 2. The SMILES string of the molecule is COc1ccc(C)cc1-c1csc(NC(=O)CCN)n1. The van der Waals surface area contributed by atoms with Gasteiger partial charge in [0.05, 0.1) is 12.8 Å². The van der Waals surface area contributed by atoms with E-state index in [0.717, 1.165) is 22.6 Å². The Morgan fingerprint density at radius 1 is 1.50 bits per heavy atom. The summed E-state index contributed by atoms with van der Waals surface area (Å²) in [7, 11) is 1.63. The average molecular weight is 291 g/mol. The zero-order valence-corrected chi connectivity index (χ0v) is 12.3. The molecule has 1 amide bonds. The third-order valence-corrected chi connectivity index (χ3v) is 3.51. The van der Waals surface area contributed by atoms with Crippen LogP contribution in [0.5, 0.6) is 5.75 Å². The molecular weight excluding hydrogens is 274 g/mol. The van der Waals surface area contributed by atoms with Gasteiger partial charge in [-0.25, -0.2) is 4.98 Å². The second kappa shape index (κ2) is 6.49. The van der Waals surface area contributed by atoms with E-state index in [2.05, 4.69) is 10.3 Å². The lowest BCUT2D eigenvalue weighted by Crippen LogP contribution is -2.15. The first-order valence-corrected chi connectivity index (χ1v) is 7.12. The predicted molar refractivity (Wildman–Crippen MR) is 81.1 cm³/mol. The Bertz CT molecular complexity index is 610. The molecule has 5 nitrogen and oxygen atoms in total. The summed E-state index contributed by atoms with van der Waals surface area (Å²) in [4.78, 5) is 15.9. The van der Waals surface area contributed by atoms with Crippen LogP contribution < -0.4 is 15.8 Å². The molecule has 1 aromatic carbocycles. The van der Waals surface area contributed by atoms with Crippen LogP contribution in [0.25, 0.3) is 11.3 Å². The monoisotopic (exact) mass is 291 g/mol. The van der Waals surface area contributed by atoms with Gasteiger partial charge in [-0.15, -0.1) is 11.3 Å². The summed E-state index contributed by atoms with van der Waals surface area (Å²) in [6.45, 7) is 2.34. The summed E-state index contributed by atoms with van der Waals surface area (Å²) in [5, 5.41) is 5.20. The van der Waals surface area contributed by atoms with E-state index in [1.807, 2.05) is 30.5 Å². The molecule has 3 N–H and O–H groups in total. The van der Waals surface area contributed by atoms with Gasteiger partial charge in [-0.1, -0.05) is 11.6 Å². The first-order chi connectivity index (χ1) is 9.63. The number of carbonyl (C=O) groups is 1. The number of nitrogens with one attached hydrogen (secondary N) is 1. The third-order valence-electron chi connectivity index (χ3n) is 2.75. The van der Waals surface area contributed by atoms with E-state index in [-0.39, 0.29) is 5.91 Å². The van der Waals surface area contributed by atoms with Crippen LogP contribution in [0.4, 0.5) is 5.13 Å². The molecule has 0 bridgehead atoms. The molecule has 0 atom stereocenters. The maximum Gasteiger partial charge on any atom is 0.227 e. The number of ether oxygens (including phenoxy) is 1. The van der Waals surface area contributed by atoms with Gasteiger partial charge in [0.1, 0.15) is 5.75 Å². The largest absolute Gasteiger partial charge is 0.496 e. The molecule has 0 aliphatic carbocycles. The highest BCUT2D eigenvalue weighted by atomic mass is 32.1. The van der Waals surface area contributed by atoms with Crippen molar-refractivity contribution in [2.24, 2.45) is 5.73 Å². The standard InChI is InChI=1S/C14H17N3O2S/c1-9-3-4-12(19-2)10(7-9)11-8-20-14(16-11)17-13(18)5-6-15/h3-4,7-8H,5-6,15H2,1-2H3,(H,16,17,18). The minimum atomic E-state index is -0.121. The van der Waals surface area contributed by atoms with Crippen LogP contribution in [-0.2, 0) is 4.79 Å². The molecule has 6 heteroatoms. The van der Waals surface area contributed by atoms with Crippen molar-refractivity contribution >= 4 is 22.4 Å². The molecule has 0 aliphatic rings. The second-order valence-electron chi connectivity index (χ2n) is 4.33. The number of nitrogens with zero attached hydrogens (tertiary/aromatic N) is 1. The fourth-order valence-electron chi connectivity index (χ4n) is 1.79. The number of rotatable bonds is 5. The fraction of sp³-hybridized carbons (Fsp3) is 0.286. The molecule has 0 radical (unpaired) electrons. The highest BCUT2D eigenvalue weighted by Crippen LogP contribution is 2.32. The molecule has 2 rings (SSSR count). The predicted octanol–water partition coefficient (Wildman–Crippen LogP) is 2.41. The first-order valence-electron chi connectivity index (χ1n) is 6.24. The average Bonchev–Trinajstić information content (AvgIpc) is 2.87. The zero-order chi connectivity index (χ0) is 14.5. The van der Waals surface area contributed by atoms with Crippen LogP contribution in [0.2, 0.25) is 0 Å². The van der Waals surface area contributed by atoms with E-state index < -0.39 is 0 Å². The van der Waals surface area contributed by atoms with Crippen molar-refractivity contribution in [3.05, 3.63) is 29.1 Å².